The first kappa shape index (κ1) is 155. The molecule has 0 aliphatic carbocycles. The van der Waals surface area contributed by atoms with Gasteiger partial charge in [0.15, 0.2) is 0 Å². The second-order valence-electron chi connectivity index (χ2n) is 0. The zero-order valence-electron chi connectivity index (χ0n) is 2.54. The molecule has 0 aromatic heterocycles. The Morgan fingerprint density at radius 2 is 0.500 bits per heavy atom. The molecule has 0 saturated carbocycles. The molecular weight excluding hydrogens is 426 g/mol. The minimum absolute atomic E-state index is 0. The molecule has 34 valence electrons. The molecule has 4 nitrogen and oxygen atoms in total. The Morgan fingerprint density at radius 3 is 0.500 bits per heavy atom. The average Bonchev–Trinajstić information content (AvgIpc) is 0. The predicted octanol–water partition coefficient (Wildman–Crippen LogP) is -0.480. The smallest absolute Gasteiger partial charge is 2.00 e. The first-order valence-corrected chi connectivity index (χ1v) is 0. The molecule has 0 saturated heterocycles. The van der Waals surface area contributed by atoms with E-state index in [-0.39, 0.29) is 68.8 Å². The van der Waals surface area contributed by atoms with E-state index in [1.165, 1.54) is 0 Å². The predicted molar refractivity (Wildman–Crippen MR) is 2.75 cm³/mol. The summed E-state index contributed by atoms with van der Waals surface area (Å²) in [6, 6.07) is 0. The average molecular weight is 426 g/mol. The Hall–Kier alpha value is 1.40. The van der Waals surface area contributed by atoms with Crippen LogP contribution in [0, 0.1) is 0 Å². The molecule has 0 heterocycles. The van der Waals surface area contributed by atoms with Crippen LogP contribution in [0.2, 0.25) is 0 Å². The molecule has 6 heteroatoms. The molecule has 0 spiro atoms. The molecule has 0 bridgehead atoms. The summed E-state index contributed by atoms with van der Waals surface area (Å²) in [6.45, 7) is 0. The summed E-state index contributed by atoms with van der Waals surface area (Å²) in [6.07, 6.45) is 0. The van der Waals surface area contributed by atoms with Gasteiger partial charge < -0.3 is 21.9 Å². The van der Waals surface area contributed by atoms with Crippen LogP contribution in [-0.4, -0.2) is 0 Å². The first-order valence-electron chi connectivity index (χ1n) is 0. The third-order valence-electron chi connectivity index (χ3n) is 0. The molecular formula is HfO4W. The van der Waals surface area contributed by atoms with E-state index in [9.17, 15) is 0 Å². The van der Waals surface area contributed by atoms with Crippen molar-refractivity contribution in [1.29, 1.82) is 0 Å². The van der Waals surface area contributed by atoms with Crippen LogP contribution in [0.1, 0.15) is 0 Å². The summed E-state index contributed by atoms with van der Waals surface area (Å²) >= 11 is 0. The third kappa shape index (κ3) is 53.4. The van der Waals surface area contributed by atoms with Gasteiger partial charge in [-0.25, -0.2) is 0 Å². The number of hydrogen-bond acceptors (Lipinski definition) is 0. The monoisotopic (exact) mass is 428 g/mol. The maximum atomic E-state index is 0. The number of hydrogen-bond donors (Lipinski definition) is 0. The molecule has 0 fully saturated rings. The first-order chi connectivity index (χ1) is 0. The molecule has 0 unspecified atom stereocenters. The van der Waals surface area contributed by atoms with E-state index >= 15 is 0 Å². The molecule has 0 amide bonds. The van der Waals surface area contributed by atoms with Crippen molar-refractivity contribution in [3.63, 3.8) is 0 Å². The van der Waals surface area contributed by atoms with E-state index in [1.807, 2.05) is 0 Å². The fraction of sp³-hybridized carbons (Fsp3) is 0. The van der Waals surface area contributed by atoms with Crippen molar-refractivity contribution in [2.24, 2.45) is 0 Å². The Balaban J connectivity index is 0. The van der Waals surface area contributed by atoms with Gasteiger partial charge in [-0.15, -0.1) is 0 Å². The van der Waals surface area contributed by atoms with Crippen LogP contribution in [0.4, 0.5) is 0 Å². The molecule has 6 heavy (non-hydrogen) atoms. The molecule has 0 atom stereocenters. The van der Waals surface area contributed by atoms with Crippen molar-refractivity contribution in [3.8, 4) is 0 Å². The Kier molecular flexibility index (Phi) is 2460. The van der Waals surface area contributed by atoms with Crippen LogP contribution in [-0.2, 0) is 68.8 Å². The van der Waals surface area contributed by atoms with Crippen LogP contribution in [0.3, 0.4) is 0 Å². The molecule has 0 radical (unpaired) electrons. The van der Waals surface area contributed by atoms with Crippen molar-refractivity contribution < 1.29 is 68.8 Å². The third-order valence-corrected chi connectivity index (χ3v) is 0. The minimum atomic E-state index is 0. The zero-order chi connectivity index (χ0) is 0. The molecule has 0 aliphatic heterocycles. The Bertz CT molecular complexity index is 7.51. The molecule has 0 aromatic rings. The van der Waals surface area contributed by atoms with Gasteiger partial charge in [-0.3, -0.25) is 0 Å². The molecule has 0 aliphatic rings. The Morgan fingerprint density at radius 1 is 0.500 bits per heavy atom. The second kappa shape index (κ2) is 95.4. The summed E-state index contributed by atoms with van der Waals surface area (Å²) in [5.74, 6) is 0. The van der Waals surface area contributed by atoms with Crippen LogP contribution in [0.5, 0.6) is 0 Å². The van der Waals surface area contributed by atoms with Crippen molar-refractivity contribution >= 4 is 0 Å². The standard InChI is InChI=1S/Hf.4O.W/q+4;4*-2;+4. The van der Waals surface area contributed by atoms with Gasteiger partial charge in [-0.2, -0.15) is 0 Å². The minimum Gasteiger partial charge on any atom is -2.00 e. The number of rotatable bonds is 0. The second-order valence-corrected chi connectivity index (χ2v) is 0. The van der Waals surface area contributed by atoms with Gasteiger partial charge in [-0.05, 0) is 0 Å². The van der Waals surface area contributed by atoms with Gasteiger partial charge in [0.05, 0.1) is 0 Å². The van der Waals surface area contributed by atoms with Crippen LogP contribution in [0.25, 0.3) is 0 Å². The van der Waals surface area contributed by atoms with E-state index in [0.717, 1.165) is 0 Å². The normalized spacial score (nSPS) is 0. The topological polar surface area (TPSA) is 114 Å². The molecule has 0 N–H and O–H groups in total. The van der Waals surface area contributed by atoms with Gasteiger partial charge in [0, 0.05) is 0 Å². The molecule has 0 rings (SSSR count). The largest absolute Gasteiger partial charge is 4.00 e. The van der Waals surface area contributed by atoms with E-state index in [2.05, 4.69) is 0 Å². The summed E-state index contributed by atoms with van der Waals surface area (Å²) < 4.78 is 0. The quantitative estimate of drug-likeness (QED) is 0.466. The van der Waals surface area contributed by atoms with E-state index in [4.69, 9.17) is 0 Å². The van der Waals surface area contributed by atoms with E-state index < -0.39 is 0 Å². The Labute approximate surface area is 68.6 Å². The van der Waals surface area contributed by atoms with Gasteiger partial charge in [0.25, 0.3) is 0 Å². The summed E-state index contributed by atoms with van der Waals surface area (Å²) in [7, 11) is 0. The maximum Gasteiger partial charge on any atom is 4.00 e. The van der Waals surface area contributed by atoms with Gasteiger partial charge in [0.2, 0.25) is 0 Å². The fourth-order valence-corrected chi connectivity index (χ4v) is 0. The van der Waals surface area contributed by atoms with Gasteiger partial charge in [-0.1, -0.05) is 0 Å². The van der Waals surface area contributed by atoms with Gasteiger partial charge in [0.1, 0.15) is 0 Å². The van der Waals surface area contributed by atoms with Crippen molar-refractivity contribution in [3.05, 3.63) is 0 Å². The summed E-state index contributed by atoms with van der Waals surface area (Å²) in [5, 5.41) is 0. The SMILES string of the molecule is [Hf+4].[O-2].[O-2].[O-2].[O-2].[W+4]. The van der Waals surface area contributed by atoms with Crippen LogP contribution in [0.15, 0.2) is 0 Å². The summed E-state index contributed by atoms with van der Waals surface area (Å²) in [5.41, 5.74) is 0. The summed E-state index contributed by atoms with van der Waals surface area (Å²) in [4.78, 5) is 0. The van der Waals surface area contributed by atoms with Crippen LogP contribution < -0.4 is 0 Å². The van der Waals surface area contributed by atoms with E-state index in [1.54, 1.807) is 0 Å². The van der Waals surface area contributed by atoms with Crippen molar-refractivity contribution in [1.82, 2.24) is 0 Å². The van der Waals surface area contributed by atoms with Crippen molar-refractivity contribution in [2.75, 3.05) is 0 Å². The van der Waals surface area contributed by atoms with Crippen LogP contribution >= 0.6 is 0 Å². The van der Waals surface area contributed by atoms with Crippen molar-refractivity contribution in [2.45, 2.75) is 0 Å². The van der Waals surface area contributed by atoms with E-state index in [0.29, 0.717) is 0 Å². The van der Waals surface area contributed by atoms with Gasteiger partial charge >= 0.3 is 46.9 Å². The fourth-order valence-electron chi connectivity index (χ4n) is 0. The zero-order valence-corrected chi connectivity index (χ0v) is 9.07. The molecule has 0 aromatic carbocycles. The maximum absolute atomic E-state index is 0.